The van der Waals surface area contributed by atoms with Crippen LogP contribution in [0.4, 0.5) is 19.0 Å². The zero-order valence-corrected chi connectivity index (χ0v) is 9.42. The van der Waals surface area contributed by atoms with Crippen molar-refractivity contribution in [1.82, 2.24) is 4.98 Å². The molecule has 1 aromatic heterocycles. The highest BCUT2D eigenvalue weighted by molar-refractivity contribution is 7.93. The van der Waals surface area contributed by atoms with Crippen LogP contribution in [0.2, 0.25) is 0 Å². The van der Waals surface area contributed by atoms with Gasteiger partial charge in [0.25, 0.3) is 0 Å². The molecule has 1 saturated heterocycles. The van der Waals surface area contributed by atoms with E-state index in [9.17, 15) is 21.6 Å². The van der Waals surface area contributed by atoms with Crippen LogP contribution in [0.25, 0.3) is 0 Å². The maximum atomic E-state index is 12.7. The second-order valence-corrected chi connectivity index (χ2v) is 5.63. The minimum atomic E-state index is -4.61. The minimum absolute atomic E-state index is 0.0441. The van der Waals surface area contributed by atoms with E-state index in [0.29, 0.717) is 6.42 Å². The number of alkyl halides is 3. The number of anilines is 1. The van der Waals surface area contributed by atoms with E-state index >= 15 is 0 Å². The zero-order chi connectivity index (χ0) is 12.7. The summed E-state index contributed by atoms with van der Waals surface area (Å²) in [6.07, 6.45) is -3.14. The molecule has 8 heteroatoms. The molecule has 1 aromatic rings. The molecule has 0 amide bonds. The van der Waals surface area contributed by atoms with Crippen molar-refractivity contribution in [3.63, 3.8) is 0 Å². The van der Waals surface area contributed by atoms with Crippen LogP contribution in [-0.4, -0.2) is 25.7 Å². The van der Waals surface area contributed by atoms with E-state index in [1.807, 2.05) is 0 Å². The molecule has 2 rings (SSSR count). The van der Waals surface area contributed by atoms with Crippen molar-refractivity contribution in [2.75, 3.05) is 16.6 Å². The fourth-order valence-electron chi connectivity index (χ4n) is 1.69. The van der Waals surface area contributed by atoms with Gasteiger partial charge in [-0.2, -0.15) is 13.2 Å². The molecule has 2 heterocycles. The Morgan fingerprint density at radius 1 is 1.35 bits per heavy atom. The number of nitrogens with zero attached hydrogens (tertiary/aromatic N) is 2. The minimum Gasteiger partial charge on any atom is -0.253 e. The smallest absolute Gasteiger partial charge is 0.253 e. The van der Waals surface area contributed by atoms with Crippen molar-refractivity contribution < 1.29 is 21.6 Å². The highest BCUT2D eigenvalue weighted by Crippen LogP contribution is 2.37. The van der Waals surface area contributed by atoms with Gasteiger partial charge in [-0.1, -0.05) is 0 Å². The predicted octanol–water partition coefficient (Wildman–Crippen LogP) is 1.64. The SMILES string of the molecule is O=S1(=O)CCCN1c1ncccc1C(F)(F)F. The molecule has 0 spiro atoms. The average Bonchev–Trinajstić information content (AvgIpc) is 2.57. The van der Waals surface area contributed by atoms with Gasteiger partial charge in [0, 0.05) is 12.7 Å². The van der Waals surface area contributed by atoms with Crippen LogP contribution in [0.1, 0.15) is 12.0 Å². The first-order chi connectivity index (χ1) is 7.82. The summed E-state index contributed by atoms with van der Waals surface area (Å²) in [4.78, 5) is 3.55. The molecule has 1 aliphatic rings. The highest BCUT2D eigenvalue weighted by atomic mass is 32.2. The third-order valence-electron chi connectivity index (χ3n) is 2.43. The Morgan fingerprint density at radius 2 is 2.06 bits per heavy atom. The first-order valence-electron chi connectivity index (χ1n) is 4.85. The van der Waals surface area contributed by atoms with Crippen LogP contribution in [-0.2, 0) is 16.2 Å². The Hall–Kier alpha value is -1.31. The van der Waals surface area contributed by atoms with Crippen LogP contribution >= 0.6 is 0 Å². The largest absolute Gasteiger partial charge is 0.419 e. The fourth-order valence-corrected chi connectivity index (χ4v) is 3.22. The number of sulfonamides is 1. The molecule has 0 unspecified atom stereocenters. The van der Waals surface area contributed by atoms with Gasteiger partial charge >= 0.3 is 6.18 Å². The molecule has 1 aliphatic heterocycles. The summed E-state index contributed by atoms with van der Waals surface area (Å²) in [6, 6.07) is 1.96. The summed E-state index contributed by atoms with van der Waals surface area (Å²) in [5, 5.41) is 0. The second kappa shape index (κ2) is 3.86. The molecule has 0 N–H and O–H groups in total. The lowest BCUT2D eigenvalue weighted by molar-refractivity contribution is -0.137. The van der Waals surface area contributed by atoms with Gasteiger partial charge in [-0.25, -0.2) is 13.4 Å². The number of pyridine rings is 1. The number of hydrogen-bond acceptors (Lipinski definition) is 3. The molecule has 0 aromatic carbocycles. The van der Waals surface area contributed by atoms with Gasteiger partial charge in [0.2, 0.25) is 10.0 Å². The first-order valence-corrected chi connectivity index (χ1v) is 6.46. The van der Waals surface area contributed by atoms with Crippen LogP contribution in [0.15, 0.2) is 18.3 Å². The van der Waals surface area contributed by atoms with Crippen molar-refractivity contribution in [3.8, 4) is 0 Å². The van der Waals surface area contributed by atoms with Gasteiger partial charge in [0.05, 0.1) is 11.3 Å². The summed E-state index contributed by atoms with van der Waals surface area (Å²) in [6.45, 7) is 0.0441. The van der Waals surface area contributed by atoms with Gasteiger partial charge in [0.15, 0.2) is 5.82 Å². The number of rotatable bonds is 1. The predicted molar refractivity (Wildman–Crippen MR) is 55.0 cm³/mol. The van der Waals surface area contributed by atoms with E-state index < -0.39 is 27.6 Å². The average molecular weight is 266 g/mol. The quantitative estimate of drug-likeness (QED) is 0.776. The van der Waals surface area contributed by atoms with Crippen LogP contribution in [0.5, 0.6) is 0 Å². The van der Waals surface area contributed by atoms with E-state index in [4.69, 9.17) is 0 Å². The number of hydrogen-bond donors (Lipinski definition) is 0. The van der Waals surface area contributed by atoms with Gasteiger partial charge in [-0.05, 0) is 18.6 Å². The maximum absolute atomic E-state index is 12.7. The molecule has 0 aliphatic carbocycles. The molecule has 0 saturated carbocycles. The molecule has 94 valence electrons. The molecule has 0 atom stereocenters. The standard InChI is InChI=1S/C9H9F3N2O2S/c10-9(11,12)7-3-1-4-13-8(7)14-5-2-6-17(14,15)16/h1,3-4H,2,5-6H2. The third-order valence-corrected chi connectivity index (χ3v) is 4.26. The van der Waals surface area contributed by atoms with Gasteiger partial charge in [-0.3, -0.25) is 4.31 Å². The van der Waals surface area contributed by atoms with Crippen LogP contribution < -0.4 is 4.31 Å². The number of aromatic nitrogens is 1. The Kier molecular flexibility index (Phi) is 2.76. The number of halogens is 3. The van der Waals surface area contributed by atoms with Gasteiger partial charge < -0.3 is 0 Å². The Labute approximate surface area is 96.1 Å². The molecule has 1 fully saturated rings. The lowest BCUT2D eigenvalue weighted by atomic mass is 10.2. The van der Waals surface area contributed by atoms with Gasteiger partial charge in [0.1, 0.15) is 0 Å². The van der Waals surface area contributed by atoms with E-state index in [-0.39, 0.29) is 12.3 Å². The molecule has 0 radical (unpaired) electrons. The molecule has 0 bridgehead atoms. The van der Waals surface area contributed by atoms with Crippen molar-refractivity contribution in [2.24, 2.45) is 0 Å². The van der Waals surface area contributed by atoms with E-state index in [2.05, 4.69) is 4.98 Å². The molecule has 4 nitrogen and oxygen atoms in total. The lowest BCUT2D eigenvalue weighted by Gasteiger charge is -2.19. The van der Waals surface area contributed by atoms with Crippen molar-refractivity contribution in [2.45, 2.75) is 12.6 Å². The topological polar surface area (TPSA) is 50.3 Å². The fraction of sp³-hybridized carbons (Fsp3) is 0.444. The van der Waals surface area contributed by atoms with Crippen molar-refractivity contribution >= 4 is 15.8 Å². The summed E-state index contributed by atoms with van der Waals surface area (Å²) >= 11 is 0. The molecular weight excluding hydrogens is 257 g/mol. The van der Waals surface area contributed by atoms with E-state index in [0.717, 1.165) is 22.6 Å². The monoisotopic (exact) mass is 266 g/mol. The van der Waals surface area contributed by atoms with Crippen molar-refractivity contribution in [1.29, 1.82) is 0 Å². The summed E-state index contributed by atoms with van der Waals surface area (Å²) in [5.74, 6) is -0.668. The molecular formula is C9H9F3N2O2S. The third kappa shape index (κ3) is 2.21. The van der Waals surface area contributed by atoms with Crippen LogP contribution in [0.3, 0.4) is 0 Å². The lowest BCUT2D eigenvalue weighted by Crippen LogP contribution is -2.28. The Balaban J connectivity index is 2.53. The normalized spacial score (nSPS) is 19.6. The van der Waals surface area contributed by atoms with Gasteiger partial charge in [-0.15, -0.1) is 0 Å². The maximum Gasteiger partial charge on any atom is 0.419 e. The Bertz CT molecular complexity index is 527. The zero-order valence-electron chi connectivity index (χ0n) is 8.61. The molecule has 17 heavy (non-hydrogen) atoms. The van der Waals surface area contributed by atoms with E-state index in [1.54, 1.807) is 0 Å². The summed E-state index contributed by atoms with van der Waals surface area (Å²) in [7, 11) is -3.65. The Morgan fingerprint density at radius 3 is 2.59 bits per heavy atom. The highest BCUT2D eigenvalue weighted by Gasteiger charge is 2.39. The van der Waals surface area contributed by atoms with E-state index in [1.165, 1.54) is 0 Å². The second-order valence-electron chi connectivity index (χ2n) is 3.61. The first kappa shape index (κ1) is 12.2. The van der Waals surface area contributed by atoms with Crippen molar-refractivity contribution in [3.05, 3.63) is 23.9 Å². The summed E-state index contributed by atoms with van der Waals surface area (Å²) < 4.78 is 61.9. The van der Waals surface area contributed by atoms with Crippen LogP contribution in [0, 0.1) is 0 Å². The summed E-state index contributed by atoms with van der Waals surface area (Å²) in [5.41, 5.74) is -1.02.